The summed E-state index contributed by atoms with van der Waals surface area (Å²) in [6.07, 6.45) is 0. The fourth-order valence-electron chi connectivity index (χ4n) is 1.97. The molecule has 2 aromatic rings. The van der Waals surface area contributed by atoms with E-state index >= 15 is 0 Å². The molecule has 0 aliphatic carbocycles. The van der Waals surface area contributed by atoms with Gasteiger partial charge in [-0.1, -0.05) is 15.9 Å². The Hall–Kier alpha value is -2.06. The first-order valence-corrected chi connectivity index (χ1v) is 8.57. The Labute approximate surface area is 135 Å². The van der Waals surface area contributed by atoms with Crippen molar-refractivity contribution in [2.24, 2.45) is 0 Å². The molecule has 6 nitrogen and oxygen atoms in total. The lowest BCUT2D eigenvalue weighted by Gasteiger charge is -2.18. The van der Waals surface area contributed by atoms with Crippen molar-refractivity contribution in [1.82, 2.24) is 0 Å². The highest BCUT2D eigenvalue weighted by molar-refractivity contribution is 9.10. The van der Waals surface area contributed by atoms with Crippen LogP contribution in [0.1, 0.15) is 0 Å². The molecule has 2 N–H and O–H groups in total. The number of ether oxygens (including phenoxy) is 1. The van der Waals surface area contributed by atoms with Gasteiger partial charge in [0.05, 0.1) is 16.3 Å². The number of benzene rings is 2. The fourth-order valence-corrected chi connectivity index (χ4v) is 3.28. The molecule has 2 aromatic carbocycles. The van der Waals surface area contributed by atoms with Crippen LogP contribution in [0.2, 0.25) is 0 Å². The highest BCUT2D eigenvalue weighted by Gasteiger charge is 2.18. The Balaban J connectivity index is 1.86. The zero-order valence-electron chi connectivity index (χ0n) is 11.2. The summed E-state index contributed by atoms with van der Waals surface area (Å²) in [5.74, 6) is 0.186. The Bertz CT molecular complexity index is 834. The van der Waals surface area contributed by atoms with E-state index in [0.29, 0.717) is 17.1 Å². The Kier molecular flexibility index (Phi) is 3.79. The van der Waals surface area contributed by atoms with E-state index in [1.165, 1.54) is 18.2 Å². The van der Waals surface area contributed by atoms with Gasteiger partial charge in [0.2, 0.25) is 0 Å². The molecule has 0 spiro atoms. The van der Waals surface area contributed by atoms with E-state index < -0.39 is 10.0 Å². The summed E-state index contributed by atoms with van der Waals surface area (Å²) < 4.78 is 33.1. The van der Waals surface area contributed by atoms with Gasteiger partial charge >= 0.3 is 0 Å². The largest absolute Gasteiger partial charge is 0.482 e. The second-order valence-electron chi connectivity index (χ2n) is 4.61. The molecule has 0 bridgehead atoms. The van der Waals surface area contributed by atoms with Crippen LogP contribution in [0.4, 0.5) is 11.4 Å². The van der Waals surface area contributed by atoms with Gasteiger partial charge in [0.15, 0.2) is 6.61 Å². The van der Waals surface area contributed by atoms with Gasteiger partial charge in [-0.05, 0) is 36.4 Å². The number of fused-ring (bicyclic) bond motifs is 1. The maximum absolute atomic E-state index is 12.3. The third-order valence-electron chi connectivity index (χ3n) is 2.99. The number of anilines is 2. The summed E-state index contributed by atoms with van der Waals surface area (Å²) in [5, 5.41) is 2.64. The van der Waals surface area contributed by atoms with Crippen LogP contribution in [-0.4, -0.2) is 20.9 Å². The lowest BCUT2D eigenvalue weighted by Crippen LogP contribution is -2.25. The molecular weight excluding hydrogens is 372 g/mol. The minimum absolute atomic E-state index is 0.0874. The second kappa shape index (κ2) is 5.62. The van der Waals surface area contributed by atoms with Crippen LogP contribution in [-0.2, 0) is 14.8 Å². The first-order valence-electron chi connectivity index (χ1n) is 6.29. The van der Waals surface area contributed by atoms with Crippen LogP contribution < -0.4 is 14.8 Å². The zero-order chi connectivity index (χ0) is 15.7. The van der Waals surface area contributed by atoms with E-state index in [9.17, 15) is 13.2 Å². The van der Waals surface area contributed by atoms with Crippen LogP contribution in [0.15, 0.2) is 51.8 Å². The molecule has 0 atom stereocenters. The predicted octanol–water partition coefficient (Wildman–Crippen LogP) is 2.58. The number of rotatable bonds is 3. The van der Waals surface area contributed by atoms with Gasteiger partial charge in [-0.25, -0.2) is 8.42 Å². The van der Waals surface area contributed by atoms with Gasteiger partial charge < -0.3 is 10.1 Å². The summed E-state index contributed by atoms with van der Waals surface area (Å²) in [5.41, 5.74) is 0.876. The van der Waals surface area contributed by atoms with E-state index in [1.54, 1.807) is 24.3 Å². The van der Waals surface area contributed by atoms with E-state index in [0.717, 1.165) is 4.47 Å². The van der Waals surface area contributed by atoms with Crippen LogP contribution in [0.5, 0.6) is 5.75 Å². The molecule has 1 aliphatic rings. The molecule has 1 aliphatic heterocycles. The van der Waals surface area contributed by atoms with Gasteiger partial charge in [0.1, 0.15) is 5.75 Å². The molecule has 0 aromatic heterocycles. The number of nitrogens with one attached hydrogen (secondary N) is 2. The summed E-state index contributed by atoms with van der Waals surface area (Å²) >= 11 is 3.26. The quantitative estimate of drug-likeness (QED) is 0.854. The van der Waals surface area contributed by atoms with Crippen molar-refractivity contribution in [3.8, 4) is 5.75 Å². The molecule has 0 saturated heterocycles. The Morgan fingerprint density at radius 2 is 1.86 bits per heavy atom. The van der Waals surface area contributed by atoms with Gasteiger partial charge in [-0.3, -0.25) is 9.52 Å². The van der Waals surface area contributed by atoms with Gasteiger partial charge in [0.25, 0.3) is 15.9 Å². The summed E-state index contributed by atoms with van der Waals surface area (Å²) in [4.78, 5) is 11.4. The molecule has 0 radical (unpaired) electrons. The minimum Gasteiger partial charge on any atom is -0.482 e. The zero-order valence-corrected chi connectivity index (χ0v) is 13.6. The monoisotopic (exact) mass is 382 g/mol. The maximum Gasteiger partial charge on any atom is 0.262 e. The minimum atomic E-state index is -3.68. The molecule has 3 rings (SSSR count). The van der Waals surface area contributed by atoms with Gasteiger partial charge in [-0.15, -0.1) is 0 Å². The molecular formula is C14H11BrN2O4S. The van der Waals surface area contributed by atoms with Crippen LogP contribution in [0.3, 0.4) is 0 Å². The third-order valence-corrected chi connectivity index (χ3v) is 4.92. The molecule has 0 unspecified atom stereocenters. The molecule has 1 heterocycles. The smallest absolute Gasteiger partial charge is 0.262 e. The lowest BCUT2D eigenvalue weighted by atomic mass is 10.2. The molecule has 0 saturated carbocycles. The molecule has 114 valence electrons. The van der Waals surface area contributed by atoms with Gasteiger partial charge in [-0.2, -0.15) is 0 Å². The number of halogens is 1. The van der Waals surface area contributed by atoms with Crippen molar-refractivity contribution in [1.29, 1.82) is 0 Å². The summed E-state index contributed by atoms with van der Waals surface area (Å²) in [7, 11) is -3.68. The first kappa shape index (κ1) is 14.9. The number of hydrogen-bond acceptors (Lipinski definition) is 4. The SMILES string of the molecule is O=C1COc2cc(NS(=O)(=O)c3ccc(Br)cc3)ccc2N1. The average molecular weight is 383 g/mol. The number of hydrogen-bond donors (Lipinski definition) is 2. The highest BCUT2D eigenvalue weighted by Crippen LogP contribution is 2.31. The molecule has 22 heavy (non-hydrogen) atoms. The Morgan fingerprint density at radius 3 is 2.59 bits per heavy atom. The molecule has 0 fully saturated rings. The number of carbonyl (C=O) groups excluding carboxylic acids is 1. The van der Waals surface area contributed by atoms with Crippen molar-refractivity contribution in [3.63, 3.8) is 0 Å². The maximum atomic E-state index is 12.3. The average Bonchev–Trinajstić information content (AvgIpc) is 2.47. The standard InChI is InChI=1S/C14H11BrN2O4S/c15-9-1-4-11(5-2-9)22(19,20)17-10-3-6-12-13(7-10)21-8-14(18)16-12/h1-7,17H,8H2,(H,16,18). The number of carbonyl (C=O) groups is 1. The fraction of sp³-hybridized carbons (Fsp3) is 0.0714. The van der Waals surface area contributed by atoms with E-state index in [1.807, 2.05) is 0 Å². The molecule has 8 heteroatoms. The normalized spacial score (nSPS) is 13.8. The van der Waals surface area contributed by atoms with E-state index in [2.05, 4.69) is 26.0 Å². The summed E-state index contributed by atoms with van der Waals surface area (Å²) in [6, 6.07) is 11.0. The first-order chi connectivity index (χ1) is 10.4. The topological polar surface area (TPSA) is 84.5 Å². The van der Waals surface area contributed by atoms with Crippen molar-refractivity contribution in [2.75, 3.05) is 16.6 Å². The van der Waals surface area contributed by atoms with Crippen molar-refractivity contribution >= 4 is 43.2 Å². The summed E-state index contributed by atoms with van der Waals surface area (Å²) in [6.45, 7) is -0.0874. The predicted molar refractivity (Wildman–Crippen MR) is 85.5 cm³/mol. The molecule has 1 amide bonds. The van der Waals surface area contributed by atoms with Crippen LogP contribution >= 0.6 is 15.9 Å². The van der Waals surface area contributed by atoms with Crippen molar-refractivity contribution in [2.45, 2.75) is 4.90 Å². The van der Waals surface area contributed by atoms with Crippen LogP contribution in [0.25, 0.3) is 0 Å². The van der Waals surface area contributed by atoms with Crippen LogP contribution in [0, 0.1) is 0 Å². The van der Waals surface area contributed by atoms with Crippen molar-refractivity contribution < 1.29 is 17.9 Å². The van der Waals surface area contributed by atoms with E-state index in [-0.39, 0.29) is 17.4 Å². The highest BCUT2D eigenvalue weighted by atomic mass is 79.9. The lowest BCUT2D eigenvalue weighted by molar-refractivity contribution is -0.118. The third kappa shape index (κ3) is 3.07. The number of sulfonamides is 1. The number of amides is 1. The Morgan fingerprint density at radius 1 is 1.14 bits per heavy atom. The van der Waals surface area contributed by atoms with Crippen molar-refractivity contribution in [3.05, 3.63) is 46.9 Å². The van der Waals surface area contributed by atoms with E-state index in [4.69, 9.17) is 4.74 Å². The van der Waals surface area contributed by atoms with Gasteiger partial charge in [0, 0.05) is 10.5 Å². The second-order valence-corrected chi connectivity index (χ2v) is 7.21.